The molecule has 1 heterocycles. The Morgan fingerprint density at radius 1 is 1.55 bits per heavy atom. The molecule has 0 saturated heterocycles. The van der Waals surface area contributed by atoms with Gasteiger partial charge in [0.25, 0.3) is 0 Å². The minimum atomic E-state index is -0.953. The van der Waals surface area contributed by atoms with Gasteiger partial charge in [-0.2, -0.15) is 0 Å². The number of aromatic nitrogens is 3. The predicted octanol–water partition coefficient (Wildman–Crippen LogP) is -1.33. The molecule has 1 aromatic heterocycles. The number of nitrogens with zero attached hydrogens (tertiary/aromatic N) is 3. The normalized spacial score (nSPS) is 29.6. The summed E-state index contributed by atoms with van der Waals surface area (Å²) in [5.41, 5.74) is 0.707. The van der Waals surface area contributed by atoms with Gasteiger partial charge in [-0.15, -0.1) is 5.10 Å². The summed E-state index contributed by atoms with van der Waals surface area (Å²) in [4.78, 5) is 11.0. The van der Waals surface area contributed by atoms with Crippen LogP contribution in [0.1, 0.15) is 19.0 Å². The van der Waals surface area contributed by atoms with E-state index in [0.29, 0.717) is 25.3 Å². The fraction of sp³-hybridized carbons (Fsp3) is 0.750. The van der Waals surface area contributed by atoms with E-state index in [1.165, 1.54) is 6.92 Å². The highest BCUT2D eigenvalue weighted by molar-refractivity contribution is 5.73. The molecule has 0 aromatic carbocycles. The Kier molecular flexibility index (Phi) is 4.69. The van der Waals surface area contributed by atoms with Gasteiger partial charge in [-0.05, 0) is 6.42 Å². The van der Waals surface area contributed by atoms with E-state index in [2.05, 4.69) is 15.6 Å². The highest BCUT2D eigenvalue weighted by Gasteiger charge is 2.41. The quantitative estimate of drug-likeness (QED) is 0.618. The molecular formula is C12H20N4O4. The van der Waals surface area contributed by atoms with Crippen LogP contribution in [-0.4, -0.2) is 56.5 Å². The van der Waals surface area contributed by atoms with E-state index in [1.54, 1.807) is 18.0 Å². The third kappa shape index (κ3) is 3.33. The van der Waals surface area contributed by atoms with Crippen LogP contribution < -0.4 is 5.32 Å². The van der Waals surface area contributed by atoms with Gasteiger partial charge in [-0.25, -0.2) is 0 Å². The van der Waals surface area contributed by atoms with Gasteiger partial charge in [-0.1, -0.05) is 5.21 Å². The summed E-state index contributed by atoms with van der Waals surface area (Å²) in [6.45, 7) is 2.20. The molecule has 2 rings (SSSR count). The molecule has 1 fully saturated rings. The summed E-state index contributed by atoms with van der Waals surface area (Å²) in [6, 6.07) is -0.422. The molecule has 1 amide bonds. The molecule has 4 atom stereocenters. The molecule has 0 radical (unpaired) electrons. The van der Waals surface area contributed by atoms with Gasteiger partial charge in [0.15, 0.2) is 0 Å². The fourth-order valence-corrected chi connectivity index (χ4v) is 2.59. The molecule has 1 saturated carbocycles. The zero-order valence-electron chi connectivity index (χ0n) is 11.6. The second-order valence-corrected chi connectivity index (χ2v) is 5.15. The van der Waals surface area contributed by atoms with Gasteiger partial charge >= 0.3 is 0 Å². The molecule has 8 nitrogen and oxygen atoms in total. The molecule has 8 heteroatoms. The van der Waals surface area contributed by atoms with Gasteiger partial charge in [0.05, 0.1) is 24.9 Å². The number of methoxy groups -OCH3 is 1. The van der Waals surface area contributed by atoms with Crippen LogP contribution in [0, 0.1) is 5.92 Å². The minimum Gasteiger partial charge on any atom is -0.390 e. The van der Waals surface area contributed by atoms with Crippen molar-refractivity contribution < 1.29 is 19.7 Å². The van der Waals surface area contributed by atoms with Gasteiger partial charge in [0.2, 0.25) is 5.91 Å². The van der Waals surface area contributed by atoms with Crippen molar-refractivity contribution in [2.45, 2.75) is 44.7 Å². The Balaban J connectivity index is 1.96. The molecule has 112 valence electrons. The van der Waals surface area contributed by atoms with Crippen LogP contribution in [0.4, 0.5) is 0 Å². The zero-order chi connectivity index (χ0) is 14.7. The predicted molar refractivity (Wildman–Crippen MR) is 68.5 cm³/mol. The minimum absolute atomic E-state index is 0.182. The number of carbonyl (C=O) groups excluding carboxylic acids is 1. The maximum absolute atomic E-state index is 11.0. The van der Waals surface area contributed by atoms with Crippen LogP contribution >= 0.6 is 0 Å². The van der Waals surface area contributed by atoms with Crippen molar-refractivity contribution >= 4 is 5.91 Å². The molecule has 1 aliphatic rings. The monoisotopic (exact) mass is 284 g/mol. The summed E-state index contributed by atoms with van der Waals surface area (Å²) in [7, 11) is 1.58. The average molecular weight is 284 g/mol. The van der Waals surface area contributed by atoms with Crippen molar-refractivity contribution in [3.8, 4) is 0 Å². The highest BCUT2D eigenvalue weighted by atomic mass is 16.5. The second-order valence-electron chi connectivity index (χ2n) is 5.15. The Labute approximate surface area is 116 Å². The summed E-state index contributed by atoms with van der Waals surface area (Å²) >= 11 is 0. The molecular weight excluding hydrogens is 264 g/mol. The summed E-state index contributed by atoms with van der Waals surface area (Å²) < 4.78 is 6.57. The lowest BCUT2D eigenvalue weighted by Gasteiger charge is -2.17. The number of aliphatic hydroxyl groups excluding tert-OH is 2. The molecule has 1 aliphatic carbocycles. The first kappa shape index (κ1) is 14.9. The Morgan fingerprint density at radius 2 is 2.30 bits per heavy atom. The third-order valence-corrected chi connectivity index (χ3v) is 3.49. The van der Waals surface area contributed by atoms with E-state index in [4.69, 9.17) is 4.74 Å². The van der Waals surface area contributed by atoms with E-state index in [9.17, 15) is 15.0 Å². The van der Waals surface area contributed by atoms with Gasteiger partial charge < -0.3 is 20.3 Å². The van der Waals surface area contributed by atoms with E-state index in [-0.39, 0.29) is 11.8 Å². The lowest BCUT2D eigenvalue weighted by molar-refractivity contribution is -0.120. The Bertz CT molecular complexity index is 464. The van der Waals surface area contributed by atoms with Crippen LogP contribution in [0.25, 0.3) is 0 Å². The van der Waals surface area contributed by atoms with E-state index < -0.39 is 18.2 Å². The van der Waals surface area contributed by atoms with Crippen LogP contribution in [0.3, 0.4) is 0 Å². The average Bonchev–Trinajstić information content (AvgIpc) is 2.91. The smallest absolute Gasteiger partial charge is 0.217 e. The zero-order valence-corrected chi connectivity index (χ0v) is 11.6. The van der Waals surface area contributed by atoms with Crippen molar-refractivity contribution in [1.82, 2.24) is 20.3 Å². The number of hydrogen-bond donors (Lipinski definition) is 3. The SMILES string of the molecule is COCc1cn(CC2CC(NC(C)=O)C(O)C2O)nn1. The van der Waals surface area contributed by atoms with E-state index >= 15 is 0 Å². The second kappa shape index (κ2) is 6.29. The van der Waals surface area contributed by atoms with E-state index in [1.807, 2.05) is 0 Å². The third-order valence-electron chi connectivity index (χ3n) is 3.49. The van der Waals surface area contributed by atoms with Crippen LogP contribution in [0.15, 0.2) is 6.20 Å². The van der Waals surface area contributed by atoms with Crippen LogP contribution in [0.2, 0.25) is 0 Å². The van der Waals surface area contributed by atoms with E-state index in [0.717, 1.165) is 0 Å². The summed E-state index contributed by atoms with van der Waals surface area (Å²) in [5, 5.41) is 30.5. The van der Waals surface area contributed by atoms with Crippen molar-refractivity contribution in [3.05, 3.63) is 11.9 Å². The molecule has 0 bridgehead atoms. The number of carbonyl (C=O) groups is 1. The molecule has 3 N–H and O–H groups in total. The van der Waals surface area contributed by atoms with Gasteiger partial charge in [0, 0.05) is 26.5 Å². The number of rotatable bonds is 5. The largest absolute Gasteiger partial charge is 0.390 e. The first-order valence-corrected chi connectivity index (χ1v) is 6.52. The fourth-order valence-electron chi connectivity index (χ4n) is 2.59. The van der Waals surface area contributed by atoms with Crippen molar-refractivity contribution in [1.29, 1.82) is 0 Å². The molecule has 0 aliphatic heterocycles. The first-order chi connectivity index (χ1) is 9.51. The number of ether oxygens (including phenoxy) is 1. The van der Waals surface area contributed by atoms with Crippen molar-refractivity contribution in [3.63, 3.8) is 0 Å². The van der Waals surface area contributed by atoms with Gasteiger partial charge in [-0.3, -0.25) is 9.48 Å². The molecule has 1 aromatic rings. The first-order valence-electron chi connectivity index (χ1n) is 6.52. The lowest BCUT2D eigenvalue weighted by Crippen LogP contribution is -2.42. The number of aliphatic hydroxyl groups is 2. The summed E-state index contributed by atoms with van der Waals surface area (Å²) in [5.74, 6) is -0.399. The maximum atomic E-state index is 11.0. The standard InChI is InChI=1S/C12H20N4O4/c1-7(17)13-10-3-8(11(18)12(10)19)4-16-5-9(6-20-2)14-15-16/h5,8,10-12,18-19H,3-4,6H2,1-2H3,(H,13,17). The van der Waals surface area contributed by atoms with Crippen LogP contribution in [-0.2, 0) is 22.7 Å². The van der Waals surface area contributed by atoms with Crippen LogP contribution in [0.5, 0.6) is 0 Å². The summed E-state index contributed by atoms with van der Waals surface area (Å²) in [6.07, 6.45) is 0.406. The number of amides is 1. The maximum Gasteiger partial charge on any atom is 0.217 e. The van der Waals surface area contributed by atoms with Crippen molar-refractivity contribution in [2.75, 3.05) is 7.11 Å². The lowest BCUT2D eigenvalue weighted by atomic mass is 10.1. The van der Waals surface area contributed by atoms with Gasteiger partial charge in [0.1, 0.15) is 11.8 Å². The topological polar surface area (TPSA) is 110 Å². The Hall–Kier alpha value is -1.51. The number of nitrogens with one attached hydrogen (secondary N) is 1. The molecule has 20 heavy (non-hydrogen) atoms. The van der Waals surface area contributed by atoms with Crippen molar-refractivity contribution in [2.24, 2.45) is 5.92 Å². The molecule has 4 unspecified atom stereocenters. The Morgan fingerprint density at radius 3 is 2.95 bits per heavy atom. The molecule has 0 spiro atoms. The number of hydrogen-bond acceptors (Lipinski definition) is 6. The highest BCUT2D eigenvalue weighted by Crippen LogP contribution is 2.28.